The first-order valence-corrected chi connectivity index (χ1v) is 11.7. The van der Waals surface area contributed by atoms with Crippen LogP contribution < -0.4 is 9.62 Å². The summed E-state index contributed by atoms with van der Waals surface area (Å²) in [6.07, 6.45) is 4.12. The number of sulfonamides is 1. The second kappa shape index (κ2) is 9.14. The molecule has 2 aromatic rings. The number of anilines is 1. The minimum atomic E-state index is -3.30. The molecule has 1 aliphatic rings. The molecule has 0 amide bonds. The van der Waals surface area contributed by atoms with Crippen molar-refractivity contribution in [3.05, 3.63) is 47.0 Å². The Morgan fingerprint density at radius 2 is 2.07 bits per heavy atom. The van der Waals surface area contributed by atoms with Gasteiger partial charge in [-0.1, -0.05) is 30.3 Å². The van der Waals surface area contributed by atoms with Gasteiger partial charge in [0.1, 0.15) is 0 Å². The van der Waals surface area contributed by atoms with Crippen molar-refractivity contribution in [3.63, 3.8) is 0 Å². The zero-order chi connectivity index (χ0) is 19.3. The predicted molar refractivity (Wildman–Crippen MR) is 112 cm³/mol. The van der Waals surface area contributed by atoms with Gasteiger partial charge in [-0.25, -0.2) is 18.1 Å². The first-order chi connectivity index (χ1) is 12.9. The van der Waals surface area contributed by atoms with Crippen molar-refractivity contribution in [2.75, 3.05) is 38.6 Å². The van der Waals surface area contributed by atoms with Gasteiger partial charge in [-0.3, -0.25) is 4.90 Å². The molecule has 1 fully saturated rings. The van der Waals surface area contributed by atoms with Gasteiger partial charge in [0.25, 0.3) is 0 Å². The molecule has 0 unspecified atom stereocenters. The smallest absolute Gasteiger partial charge is 0.215 e. The van der Waals surface area contributed by atoms with Crippen LogP contribution >= 0.6 is 11.3 Å². The van der Waals surface area contributed by atoms with Crippen LogP contribution in [0.15, 0.2) is 36.5 Å². The zero-order valence-corrected chi connectivity index (χ0v) is 17.6. The molecule has 0 saturated carbocycles. The van der Waals surface area contributed by atoms with Crippen LogP contribution in [0.2, 0.25) is 0 Å². The molecule has 8 heteroatoms. The van der Waals surface area contributed by atoms with Gasteiger partial charge in [-0.2, -0.15) is 0 Å². The van der Waals surface area contributed by atoms with E-state index in [2.05, 4.69) is 14.6 Å². The Hall–Kier alpha value is -1.48. The molecule has 0 bridgehead atoms. The molecular formula is C19H28N4O2S2. The summed E-state index contributed by atoms with van der Waals surface area (Å²) in [6.45, 7) is 3.38. The van der Waals surface area contributed by atoms with E-state index in [-0.39, 0.29) is 5.75 Å². The molecule has 1 aromatic carbocycles. The van der Waals surface area contributed by atoms with Crippen LogP contribution in [-0.2, 0) is 22.3 Å². The number of hydrogen-bond donors (Lipinski definition) is 1. The van der Waals surface area contributed by atoms with Crippen LogP contribution in [-0.4, -0.2) is 52.0 Å². The Morgan fingerprint density at radius 1 is 1.30 bits per heavy atom. The highest BCUT2D eigenvalue weighted by atomic mass is 32.2. The lowest BCUT2D eigenvalue weighted by Crippen LogP contribution is -2.40. The quantitative estimate of drug-likeness (QED) is 0.727. The van der Waals surface area contributed by atoms with Crippen molar-refractivity contribution in [1.29, 1.82) is 0 Å². The van der Waals surface area contributed by atoms with Crippen LogP contribution in [0.3, 0.4) is 0 Å². The number of benzene rings is 1. The molecule has 1 aromatic heterocycles. The van der Waals surface area contributed by atoms with Gasteiger partial charge < -0.3 is 4.90 Å². The lowest BCUT2D eigenvalue weighted by atomic mass is 9.98. The summed E-state index contributed by atoms with van der Waals surface area (Å²) >= 11 is 1.72. The molecule has 0 aliphatic carbocycles. The van der Waals surface area contributed by atoms with E-state index in [1.54, 1.807) is 11.3 Å². The second-order valence-corrected chi connectivity index (χ2v) is 10.2. The van der Waals surface area contributed by atoms with Crippen molar-refractivity contribution in [2.24, 2.45) is 5.92 Å². The maximum atomic E-state index is 12.3. The molecule has 1 atom stereocenters. The van der Waals surface area contributed by atoms with E-state index >= 15 is 0 Å². The normalized spacial score (nSPS) is 18.5. The monoisotopic (exact) mass is 408 g/mol. The third-order valence-corrected chi connectivity index (χ3v) is 7.17. The molecule has 2 heterocycles. The van der Waals surface area contributed by atoms with Crippen molar-refractivity contribution >= 4 is 26.5 Å². The average Bonchev–Trinajstić information content (AvgIpc) is 3.10. The number of piperidine rings is 1. The zero-order valence-electron chi connectivity index (χ0n) is 16.0. The fraction of sp³-hybridized carbons (Fsp3) is 0.526. The molecule has 3 rings (SSSR count). The molecule has 1 saturated heterocycles. The summed E-state index contributed by atoms with van der Waals surface area (Å²) in [5.74, 6) is 0.392. The Kier molecular flexibility index (Phi) is 6.86. The van der Waals surface area contributed by atoms with Gasteiger partial charge in [0.05, 0.1) is 5.75 Å². The van der Waals surface area contributed by atoms with E-state index in [0.29, 0.717) is 12.5 Å². The molecule has 0 radical (unpaired) electrons. The van der Waals surface area contributed by atoms with Crippen LogP contribution in [0.1, 0.15) is 23.3 Å². The molecule has 27 heavy (non-hydrogen) atoms. The van der Waals surface area contributed by atoms with E-state index in [9.17, 15) is 8.42 Å². The van der Waals surface area contributed by atoms with Gasteiger partial charge in [-0.15, -0.1) is 11.3 Å². The summed E-state index contributed by atoms with van der Waals surface area (Å²) in [5.41, 5.74) is 0.817. The number of thiazole rings is 1. The lowest BCUT2D eigenvalue weighted by Gasteiger charge is -2.32. The summed E-state index contributed by atoms with van der Waals surface area (Å²) in [5, 5.41) is 1.02. The lowest BCUT2D eigenvalue weighted by molar-refractivity contribution is 0.170. The topological polar surface area (TPSA) is 65.5 Å². The Labute approximate surface area is 166 Å². The minimum Gasteiger partial charge on any atom is -0.354 e. The van der Waals surface area contributed by atoms with Gasteiger partial charge in [-0.05, 0) is 30.9 Å². The third kappa shape index (κ3) is 6.27. The number of hydrogen-bond acceptors (Lipinski definition) is 6. The van der Waals surface area contributed by atoms with Crippen molar-refractivity contribution in [3.8, 4) is 0 Å². The van der Waals surface area contributed by atoms with Crippen LogP contribution in [0, 0.1) is 5.92 Å². The molecule has 1 aliphatic heterocycles. The van der Waals surface area contributed by atoms with E-state index < -0.39 is 10.0 Å². The standard InChI is InChI=1S/C19H28N4O2S2/c1-22(2)19-20-12-18(26-19)14-23-10-6-9-17(13-23)11-21-27(24,25)15-16-7-4-3-5-8-16/h3-5,7-8,12,17,21H,6,9-11,13-15H2,1-2H3/t17-/m0/s1. The second-order valence-electron chi connectivity index (χ2n) is 7.34. The predicted octanol–water partition coefficient (Wildman–Crippen LogP) is 2.54. The maximum Gasteiger partial charge on any atom is 0.215 e. The van der Waals surface area contributed by atoms with Crippen molar-refractivity contribution < 1.29 is 8.42 Å². The highest BCUT2D eigenvalue weighted by molar-refractivity contribution is 7.88. The number of rotatable bonds is 8. The van der Waals surface area contributed by atoms with Crippen LogP contribution in [0.4, 0.5) is 5.13 Å². The molecule has 0 spiro atoms. The summed E-state index contributed by atoms with van der Waals surface area (Å²) in [4.78, 5) is 10.1. The fourth-order valence-electron chi connectivity index (χ4n) is 3.35. The van der Waals surface area contributed by atoms with Crippen LogP contribution in [0.5, 0.6) is 0 Å². The van der Waals surface area contributed by atoms with E-state index in [1.165, 1.54) is 4.88 Å². The van der Waals surface area contributed by atoms with Gasteiger partial charge >= 0.3 is 0 Å². The summed E-state index contributed by atoms with van der Waals surface area (Å²) in [7, 11) is 0.704. The number of likely N-dealkylation sites (tertiary alicyclic amines) is 1. The maximum absolute atomic E-state index is 12.3. The largest absolute Gasteiger partial charge is 0.354 e. The molecule has 1 N–H and O–H groups in total. The highest BCUT2D eigenvalue weighted by Gasteiger charge is 2.22. The number of nitrogens with zero attached hydrogens (tertiary/aromatic N) is 3. The van der Waals surface area contributed by atoms with Crippen molar-refractivity contribution in [2.45, 2.75) is 25.1 Å². The summed E-state index contributed by atoms with van der Waals surface area (Å²) in [6, 6.07) is 9.32. The average molecular weight is 409 g/mol. The minimum absolute atomic E-state index is 0.0401. The van der Waals surface area contributed by atoms with Gasteiger partial charge in [0, 0.05) is 44.8 Å². The fourth-order valence-corrected chi connectivity index (χ4v) is 5.45. The van der Waals surface area contributed by atoms with Crippen LogP contribution in [0.25, 0.3) is 0 Å². The first kappa shape index (κ1) is 20.3. The van der Waals surface area contributed by atoms with E-state index in [1.807, 2.05) is 55.5 Å². The Balaban J connectivity index is 1.49. The van der Waals surface area contributed by atoms with Gasteiger partial charge in [0.15, 0.2) is 5.13 Å². The molecule has 6 nitrogen and oxygen atoms in total. The van der Waals surface area contributed by atoms with Crippen molar-refractivity contribution in [1.82, 2.24) is 14.6 Å². The highest BCUT2D eigenvalue weighted by Crippen LogP contribution is 2.24. The third-order valence-electron chi connectivity index (χ3n) is 4.70. The summed E-state index contributed by atoms with van der Waals surface area (Å²) < 4.78 is 27.5. The first-order valence-electron chi connectivity index (χ1n) is 9.27. The Morgan fingerprint density at radius 3 is 2.78 bits per heavy atom. The SMILES string of the molecule is CN(C)c1ncc(CN2CCC[C@@H](CNS(=O)(=O)Cc3ccccc3)C2)s1. The molecule has 148 valence electrons. The van der Waals surface area contributed by atoms with Gasteiger partial charge in [0.2, 0.25) is 10.0 Å². The van der Waals surface area contributed by atoms with E-state index in [4.69, 9.17) is 0 Å². The Bertz CT molecular complexity index is 821. The number of nitrogens with one attached hydrogen (secondary N) is 1. The molecular weight excluding hydrogens is 380 g/mol. The number of aromatic nitrogens is 1. The van der Waals surface area contributed by atoms with E-state index in [0.717, 1.165) is 43.2 Å².